The Bertz CT molecular complexity index is 458. The fourth-order valence-corrected chi connectivity index (χ4v) is 2.03. The molecule has 0 bridgehead atoms. The van der Waals surface area contributed by atoms with Gasteiger partial charge in [0.15, 0.2) is 0 Å². The highest BCUT2D eigenvalue weighted by atomic mass is 16.4. The van der Waals surface area contributed by atoms with Gasteiger partial charge in [-0.3, -0.25) is 9.69 Å². The highest BCUT2D eigenvalue weighted by Gasteiger charge is 2.15. The van der Waals surface area contributed by atoms with E-state index in [1.165, 1.54) is 0 Å². The van der Waals surface area contributed by atoms with E-state index in [4.69, 9.17) is 10.8 Å². The lowest BCUT2D eigenvalue weighted by Crippen LogP contribution is -2.36. The van der Waals surface area contributed by atoms with E-state index in [2.05, 4.69) is 0 Å². The van der Waals surface area contributed by atoms with E-state index in [0.29, 0.717) is 24.6 Å². The Morgan fingerprint density at radius 2 is 1.95 bits per heavy atom. The van der Waals surface area contributed by atoms with Crippen LogP contribution in [0.2, 0.25) is 0 Å². The molecule has 0 spiro atoms. The molecular formula is C14H20N2O3. The number of amides is 1. The molecule has 0 fully saturated rings. The van der Waals surface area contributed by atoms with Crippen molar-refractivity contribution in [2.45, 2.75) is 20.4 Å². The number of nitrogens with two attached hydrogens (primary N) is 1. The van der Waals surface area contributed by atoms with Gasteiger partial charge in [-0.1, -0.05) is 32.0 Å². The molecule has 1 amide bonds. The maximum atomic E-state index is 11.1. The molecule has 104 valence electrons. The molecule has 19 heavy (non-hydrogen) atoms. The first-order valence-electron chi connectivity index (χ1n) is 6.22. The van der Waals surface area contributed by atoms with E-state index < -0.39 is 11.9 Å². The third-order valence-corrected chi connectivity index (χ3v) is 2.64. The van der Waals surface area contributed by atoms with Crippen molar-refractivity contribution < 1.29 is 14.7 Å². The molecule has 5 nitrogen and oxygen atoms in total. The van der Waals surface area contributed by atoms with Crippen molar-refractivity contribution in [3.63, 3.8) is 0 Å². The largest absolute Gasteiger partial charge is 0.478 e. The van der Waals surface area contributed by atoms with Crippen LogP contribution in [-0.2, 0) is 11.3 Å². The maximum absolute atomic E-state index is 11.1. The number of carboxylic acids is 1. The second kappa shape index (κ2) is 6.89. The molecule has 0 saturated carbocycles. The molecule has 0 aliphatic carbocycles. The standard InChI is InChI=1S/C14H20N2O3/c1-10(2)7-16(9-13(15)17)8-11-5-3-4-6-12(11)14(18)19/h3-6,10H,7-9H2,1-2H3,(H2,15,17)(H,18,19). The van der Waals surface area contributed by atoms with Crippen LogP contribution in [0.25, 0.3) is 0 Å². The average molecular weight is 264 g/mol. The van der Waals surface area contributed by atoms with Gasteiger partial charge in [0.05, 0.1) is 12.1 Å². The van der Waals surface area contributed by atoms with Gasteiger partial charge in [-0.2, -0.15) is 0 Å². The second-order valence-corrected chi connectivity index (χ2v) is 4.99. The molecule has 1 aromatic rings. The van der Waals surface area contributed by atoms with Gasteiger partial charge in [0.2, 0.25) is 5.91 Å². The SMILES string of the molecule is CC(C)CN(CC(N)=O)Cc1ccccc1C(=O)O. The van der Waals surface area contributed by atoms with Crippen molar-refractivity contribution in [3.05, 3.63) is 35.4 Å². The number of rotatable bonds is 7. The molecule has 0 atom stereocenters. The van der Waals surface area contributed by atoms with E-state index in [0.717, 1.165) is 0 Å². The Kier molecular flexibility index (Phi) is 5.51. The first kappa shape index (κ1) is 15.2. The number of carbonyl (C=O) groups is 2. The van der Waals surface area contributed by atoms with E-state index in [1.807, 2.05) is 18.7 Å². The molecule has 3 N–H and O–H groups in total. The predicted octanol–water partition coefficient (Wildman–Crippen LogP) is 1.33. The molecule has 0 unspecified atom stereocenters. The zero-order valence-corrected chi connectivity index (χ0v) is 11.3. The van der Waals surface area contributed by atoms with Gasteiger partial charge in [0, 0.05) is 13.1 Å². The van der Waals surface area contributed by atoms with Crippen LogP contribution >= 0.6 is 0 Å². The van der Waals surface area contributed by atoms with Crippen molar-refractivity contribution in [1.29, 1.82) is 0 Å². The van der Waals surface area contributed by atoms with E-state index in [1.54, 1.807) is 24.3 Å². The molecule has 0 aliphatic heterocycles. The summed E-state index contributed by atoms with van der Waals surface area (Å²) in [6.45, 7) is 5.31. The Morgan fingerprint density at radius 3 is 2.47 bits per heavy atom. The minimum atomic E-state index is -0.959. The maximum Gasteiger partial charge on any atom is 0.336 e. The summed E-state index contributed by atoms with van der Waals surface area (Å²) in [5.41, 5.74) is 6.18. The zero-order chi connectivity index (χ0) is 14.4. The van der Waals surface area contributed by atoms with Crippen LogP contribution in [0.15, 0.2) is 24.3 Å². The smallest absolute Gasteiger partial charge is 0.336 e. The quantitative estimate of drug-likeness (QED) is 0.778. The van der Waals surface area contributed by atoms with Gasteiger partial charge in [0.1, 0.15) is 0 Å². The van der Waals surface area contributed by atoms with Crippen LogP contribution in [0.4, 0.5) is 0 Å². The number of aromatic carboxylic acids is 1. The minimum Gasteiger partial charge on any atom is -0.478 e. The lowest BCUT2D eigenvalue weighted by atomic mass is 10.1. The Morgan fingerprint density at radius 1 is 1.32 bits per heavy atom. The number of nitrogens with zero attached hydrogens (tertiary/aromatic N) is 1. The van der Waals surface area contributed by atoms with E-state index in [9.17, 15) is 9.59 Å². The summed E-state index contributed by atoms with van der Waals surface area (Å²) in [5.74, 6) is -0.996. The normalized spacial score (nSPS) is 10.9. The molecule has 0 saturated heterocycles. The summed E-state index contributed by atoms with van der Waals surface area (Å²) in [7, 11) is 0. The van der Waals surface area contributed by atoms with Crippen LogP contribution in [0.1, 0.15) is 29.8 Å². The first-order valence-corrected chi connectivity index (χ1v) is 6.22. The Labute approximate surface area is 113 Å². The fraction of sp³-hybridized carbons (Fsp3) is 0.429. The summed E-state index contributed by atoms with van der Waals surface area (Å²) >= 11 is 0. The van der Waals surface area contributed by atoms with Gasteiger partial charge < -0.3 is 10.8 Å². The topological polar surface area (TPSA) is 83.6 Å². The average Bonchev–Trinajstić information content (AvgIpc) is 2.27. The lowest BCUT2D eigenvalue weighted by molar-refractivity contribution is -0.119. The third-order valence-electron chi connectivity index (χ3n) is 2.64. The highest BCUT2D eigenvalue weighted by molar-refractivity contribution is 5.89. The number of carboxylic acid groups (broad SMARTS) is 1. The minimum absolute atomic E-state index is 0.131. The Hall–Kier alpha value is -1.88. The van der Waals surface area contributed by atoms with Crippen LogP contribution < -0.4 is 5.73 Å². The number of hydrogen-bond acceptors (Lipinski definition) is 3. The summed E-state index contributed by atoms with van der Waals surface area (Å²) < 4.78 is 0. The summed E-state index contributed by atoms with van der Waals surface area (Å²) in [6, 6.07) is 6.81. The fourth-order valence-electron chi connectivity index (χ4n) is 2.03. The molecule has 1 aromatic carbocycles. The van der Waals surface area contributed by atoms with Crippen LogP contribution in [0.3, 0.4) is 0 Å². The van der Waals surface area contributed by atoms with Crippen molar-refractivity contribution in [3.8, 4) is 0 Å². The highest BCUT2D eigenvalue weighted by Crippen LogP contribution is 2.13. The number of hydrogen-bond donors (Lipinski definition) is 2. The molecule has 5 heteroatoms. The molecule has 0 aliphatic rings. The first-order chi connectivity index (χ1) is 8.90. The summed E-state index contributed by atoms with van der Waals surface area (Å²) in [5, 5.41) is 9.13. The van der Waals surface area contributed by atoms with Gasteiger partial charge >= 0.3 is 5.97 Å². The van der Waals surface area contributed by atoms with Gasteiger partial charge in [0.25, 0.3) is 0 Å². The molecule has 1 rings (SSSR count). The van der Waals surface area contributed by atoms with Crippen molar-refractivity contribution >= 4 is 11.9 Å². The van der Waals surface area contributed by atoms with Crippen LogP contribution in [0, 0.1) is 5.92 Å². The molecule has 0 heterocycles. The summed E-state index contributed by atoms with van der Waals surface area (Å²) in [6.07, 6.45) is 0. The molecular weight excluding hydrogens is 244 g/mol. The lowest BCUT2D eigenvalue weighted by Gasteiger charge is -2.23. The Balaban J connectivity index is 2.89. The zero-order valence-electron chi connectivity index (χ0n) is 11.3. The predicted molar refractivity (Wildman–Crippen MR) is 72.7 cm³/mol. The third kappa shape index (κ3) is 5.09. The number of benzene rings is 1. The van der Waals surface area contributed by atoms with Gasteiger partial charge in [-0.25, -0.2) is 4.79 Å². The molecule has 0 radical (unpaired) electrons. The second-order valence-electron chi connectivity index (χ2n) is 4.99. The van der Waals surface area contributed by atoms with Crippen molar-refractivity contribution in [2.75, 3.05) is 13.1 Å². The van der Waals surface area contributed by atoms with Gasteiger partial charge in [-0.15, -0.1) is 0 Å². The number of carbonyl (C=O) groups excluding carboxylic acids is 1. The van der Waals surface area contributed by atoms with Crippen molar-refractivity contribution in [2.24, 2.45) is 11.7 Å². The van der Waals surface area contributed by atoms with E-state index in [-0.39, 0.29) is 12.1 Å². The van der Waals surface area contributed by atoms with Gasteiger partial charge in [-0.05, 0) is 17.5 Å². The van der Waals surface area contributed by atoms with Crippen LogP contribution in [0.5, 0.6) is 0 Å². The summed E-state index contributed by atoms with van der Waals surface area (Å²) in [4.78, 5) is 24.1. The monoisotopic (exact) mass is 264 g/mol. The molecule has 0 aromatic heterocycles. The van der Waals surface area contributed by atoms with E-state index >= 15 is 0 Å². The van der Waals surface area contributed by atoms with Crippen LogP contribution in [-0.4, -0.2) is 35.0 Å². The number of primary amides is 1. The van der Waals surface area contributed by atoms with Crippen molar-refractivity contribution in [1.82, 2.24) is 4.90 Å².